The second kappa shape index (κ2) is 8.45. The van der Waals surface area contributed by atoms with Crippen LogP contribution in [0.5, 0.6) is 5.75 Å². The maximum atomic E-state index is 12.9. The molecule has 0 aromatic heterocycles. The summed E-state index contributed by atoms with van der Waals surface area (Å²) in [4.78, 5) is 13.4. The molecule has 5 heteroatoms. The fourth-order valence-electron chi connectivity index (χ4n) is 2.35. The van der Waals surface area contributed by atoms with E-state index in [1.54, 1.807) is 12.1 Å². The Morgan fingerprint density at radius 3 is 2.38 bits per heavy atom. The second-order valence-corrected chi connectivity index (χ2v) is 5.82. The number of halogens is 1. The Morgan fingerprint density at radius 1 is 1.17 bits per heavy atom. The molecule has 2 aromatic carbocycles. The lowest BCUT2D eigenvalue weighted by Gasteiger charge is -2.21. The highest BCUT2D eigenvalue weighted by Crippen LogP contribution is 2.11. The molecule has 0 bridgehead atoms. The van der Waals surface area contributed by atoms with Gasteiger partial charge >= 0.3 is 0 Å². The number of hydrogen-bond donors (Lipinski definition) is 2. The SMILES string of the molecule is CCOc1ccc(C[NH+](C)[C@H](C)C(=O)Nc2ccc(F)cc2)cc1. The highest BCUT2D eigenvalue weighted by Gasteiger charge is 2.22. The van der Waals surface area contributed by atoms with Gasteiger partial charge in [-0.25, -0.2) is 4.39 Å². The van der Waals surface area contributed by atoms with Crippen molar-refractivity contribution in [3.63, 3.8) is 0 Å². The molecule has 0 spiro atoms. The van der Waals surface area contributed by atoms with Crippen LogP contribution in [0, 0.1) is 5.82 Å². The number of hydrogen-bond acceptors (Lipinski definition) is 2. The Labute approximate surface area is 142 Å². The molecule has 0 radical (unpaired) electrons. The van der Waals surface area contributed by atoms with E-state index in [-0.39, 0.29) is 17.8 Å². The number of ether oxygens (including phenoxy) is 1. The van der Waals surface area contributed by atoms with Crippen molar-refractivity contribution in [1.29, 1.82) is 0 Å². The molecule has 2 N–H and O–H groups in total. The summed E-state index contributed by atoms with van der Waals surface area (Å²) < 4.78 is 18.3. The third-order valence-corrected chi connectivity index (χ3v) is 3.96. The van der Waals surface area contributed by atoms with Gasteiger partial charge in [0.25, 0.3) is 5.91 Å². The average Bonchev–Trinajstić information content (AvgIpc) is 2.58. The Balaban J connectivity index is 1.91. The van der Waals surface area contributed by atoms with E-state index < -0.39 is 0 Å². The molecule has 4 nitrogen and oxygen atoms in total. The van der Waals surface area contributed by atoms with Crippen molar-refractivity contribution < 1.29 is 18.8 Å². The number of anilines is 1. The molecule has 2 aromatic rings. The number of rotatable bonds is 7. The van der Waals surface area contributed by atoms with Crippen molar-refractivity contribution >= 4 is 11.6 Å². The Bertz CT molecular complexity index is 656. The topological polar surface area (TPSA) is 42.8 Å². The molecule has 24 heavy (non-hydrogen) atoms. The van der Waals surface area contributed by atoms with Gasteiger partial charge in [-0.3, -0.25) is 4.79 Å². The third-order valence-electron chi connectivity index (χ3n) is 3.96. The molecule has 1 unspecified atom stereocenters. The van der Waals surface area contributed by atoms with Crippen LogP contribution < -0.4 is 15.0 Å². The predicted octanol–water partition coefficient (Wildman–Crippen LogP) is 2.27. The quantitative estimate of drug-likeness (QED) is 0.817. The van der Waals surface area contributed by atoms with Crippen molar-refractivity contribution in [2.75, 3.05) is 19.0 Å². The lowest BCUT2D eigenvalue weighted by atomic mass is 10.1. The summed E-state index contributed by atoms with van der Waals surface area (Å²) in [5, 5.41) is 2.82. The van der Waals surface area contributed by atoms with E-state index in [9.17, 15) is 9.18 Å². The molecule has 1 amide bonds. The number of quaternary nitrogens is 1. The summed E-state index contributed by atoms with van der Waals surface area (Å²) in [6.07, 6.45) is 0. The van der Waals surface area contributed by atoms with Gasteiger partial charge in [0.1, 0.15) is 18.1 Å². The molecule has 0 aliphatic rings. The standard InChI is InChI=1S/C19H23FN2O2/c1-4-24-18-11-5-15(6-12-18)13-22(3)14(2)19(23)21-17-9-7-16(20)8-10-17/h5-12,14H,4,13H2,1-3H3,(H,21,23)/p+1/t14-/m1/s1. The maximum absolute atomic E-state index is 12.9. The van der Waals surface area contributed by atoms with Crippen molar-refractivity contribution in [2.24, 2.45) is 0 Å². The van der Waals surface area contributed by atoms with Crippen LogP contribution in [0.2, 0.25) is 0 Å². The Morgan fingerprint density at radius 2 is 1.79 bits per heavy atom. The maximum Gasteiger partial charge on any atom is 0.282 e. The van der Waals surface area contributed by atoms with Crippen LogP contribution in [-0.2, 0) is 11.3 Å². The van der Waals surface area contributed by atoms with E-state index in [2.05, 4.69) is 5.32 Å². The molecule has 0 aliphatic heterocycles. The molecular formula is C19H24FN2O2+. The van der Waals surface area contributed by atoms with Gasteiger partial charge in [0.2, 0.25) is 0 Å². The third kappa shape index (κ3) is 5.06. The average molecular weight is 331 g/mol. The van der Waals surface area contributed by atoms with Crippen LogP contribution in [0.25, 0.3) is 0 Å². The number of benzene rings is 2. The van der Waals surface area contributed by atoms with Crippen molar-refractivity contribution in [1.82, 2.24) is 0 Å². The number of amides is 1. The van der Waals surface area contributed by atoms with Gasteiger partial charge in [0.15, 0.2) is 6.04 Å². The molecule has 0 heterocycles. The zero-order valence-corrected chi connectivity index (χ0v) is 14.3. The van der Waals surface area contributed by atoms with E-state index in [1.165, 1.54) is 12.1 Å². The lowest BCUT2D eigenvalue weighted by molar-refractivity contribution is -0.907. The molecular weight excluding hydrogens is 307 g/mol. The van der Waals surface area contributed by atoms with Crippen molar-refractivity contribution in [3.8, 4) is 5.75 Å². The minimum absolute atomic E-state index is 0.0926. The minimum Gasteiger partial charge on any atom is -0.494 e. The van der Waals surface area contributed by atoms with Gasteiger partial charge in [0.05, 0.1) is 13.7 Å². The largest absolute Gasteiger partial charge is 0.494 e. The normalized spacial score (nSPS) is 13.2. The number of nitrogens with one attached hydrogen (secondary N) is 2. The van der Waals surface area contributed by atoms with Crippen LogP contribution in [0.4, 0.5) is 10.1 Å². The van der Waals surface area contributed by atoms with Gasteiger partial charge in [-0.05, 0) is 62.4 Å². The highest BCUT2D eigenvalue weighted by molar-refractivity contribution is 5.93. The number of likely N-dealkylation sites (N-methyl/N-ethyl adjacent to an activating group) is 1. The summed E-state index contributed by atoms with van der Waals surface area (Å²) in [7, 11) is 1.98. The van der Waals surface area contributed by atoms with E-state index >= 15 is 0 Å². The predicted molar refractivity (Wildman–Crippen MR) is 92.7 cm³/mol. The highest BCUT2D eigenvalue weighted by atomic mass is 19.1. The van der Waals surface area contributed by atoms with Crippen LogP contribution in [-0.4, -0.2) is 25.6 Å². The summed E-state index contributed by atoms with van der Waals surface area (Å²) >= 11 is 0. The van der Waals surface area contributed by atoms with Gasteiger partial charge in [-0.2, -0.15) is 0 Å². The smallest absolute Gasteiger partial charge is 0.282 e. The lowest BCUT2D eigenvalue weighted by Crippen LogP contribution is -3.12. The van der Waals surface area contributed by atoms with Crippen molar-refractivity contribution in [2.45, 2.75) is 26.4 Å². The van der Waals surface area contributed by atoms with E-state index in [0.29, 0.717) is 12.3 Å². The van der Waals surface area contributed by atoms with Crippen molar-refractivity contribution in [3.05, 3.63) is 59.9 Å². The monoisotopic (exact) mass is 331 g/mol. The molecule has 0 saturated carbocycles. The zero-order chi connectivity index (χ0) is 17.5. The first-order chi connectivity index (χ1) is 11.5. The summed E-state index contributed by atoms with van der Waals surface area (Å²) in [5.41, 5.74) is 1.74. The summed E-state index contributed by atoms with van der Waals surface area (Å²) in [6.45, 7) is 5.20. The first-order valence-electron chi connectivity index (χ1n) is 8.10. The second-order valence-electron chi connectivity index (χ2n) is 5.82. The van der Waals surface area contributed by atoms with Gasteiger partial charge in [-0.1, -0.05) is 0 Å². The fraction of sp³-hybridized carbons (Fsp3) is 0.316. The fourth-order valence-corrected chi connectivity index (χ4v) is 2.35. The molecule has 128 valence electrons. The first-order valence-corrected chi connectivity index (χ1v) is 8.10. The first kappa shape index (κ1) is 17.9. The Kier molecular flexibility index (Phi) is 6.32. The van der Waals surface area contributed by atoms with Crippen LogP contribution in [0.3, 0.4) is 0 Å². The van der Waals surface area contributed by atoms with Crippen LogP contribution >= 0.6 is 0 Å². The van der Waals surface area contributed by atoms with E-state index in [4.69, 9.17) is 4.74 Å². The summed E-state index contributed by atoms with van der Waals surface area (Å²) in [6, 6.07) is 13.4. The van der Waals surface area contributed by atoms with Gasteiger partial charge in [-0.15, -0.1) is 0 Å². The summed E-state index contributed by atoms with van der Waals surface area (Å²) in [5.74, 6) is 0.435. The zero-order valence-electron chi connectivity index (χ0n) is 14.3. The minimum atomic E-state index is -0.320. The molecule has 0 fully saturated rings. The number of carbonyl (C=O) groups is 1. The van der Waals surface area contributed by atoms with Gasteiger partial charge in [0, 0.05) is 11.3 Å². The molecule has 0 saturated heterocycles. The van der Waals surface area contributed by atoms with Crippen LogP contribution in [0.1, 0.15) is 19.4 Å². The number of carbonyl (C=O) groups excluding carboxylic acids is 1. The molecule has 2 rings (SSSR count). The van der Waals surface area contributed by atoms with Gasteiger partial charge < -0.3 is 15.0 Å². The van der Waals surface area contributed by atoms with Crippen LogP contribution in [0.15, 0.2) is 48.5 Å². The Hall–Kier alpha value is -2.40. The van der Waals surface area contributed by atoms with E-state index in [1.807, 2.05) is 45.2 Å². The molecule has 0 aliphatic carbocycles. The molecule has 2 atom stereocenters. The van der Waals surface area contributed by atoms with E-state index in [0.717, 1.165) is 22.8 Å².